The van der Waals surface area contributed by atoms with Crippen LogP contribution in [0, 0.1) is 5.92 Å². The summed E-state index contributed by atoms with van der Waals surface area (Å²) < 4.78 is 10.5. The smallest absolute Gasteiger partial charge is 0.253 e. The topological polar surface area (TPSA) is 83.5 Å². The maximum absolute atomic E-state index is 12.8. The SMILES string of the molecule is COc1ccc(C(=O)N2CCC(C(=O)N/N=C\c3ccc(N(C)C)cc3)CC2)cc1OC. The number of anilines is 1. The third-order valence-electron chi connectivity index (χ3n) is 5.58. The predicted molar refractivity (Wildman–Crippen MR) is 125 cm³/mol. The summed E-state index contributed by atoms with van der Waals surface area (Å²) >= 11 is 0. The first kappa shape index (κ1) is 23.1. The minimum absolute atomic E-state index is 0.0796. The fraction of sp³-hybridized carbons (Fsp3) is 0.375. The quantitative estimate of drug-likeness (QED) is 0.531. The minimum Gasteiger partial charge on any atom is -0.493 e. The van der Waals surface area contributed by atoms with Crippen molar-refractivity contribution in [1.82, 2.24) is 10.3 Å². The molecule has 2 amide bonds. The highest BCUT2D eigenvalue weighted by Crippen LogP contribution is 2.29. The molecule has 0 spiro atoms. The van der Waals surface area contributed by atoms with Gasteiger partial charge in [0.25, 0.3) is 5.91 Å². The highest BCUT2D eigenvalue weighted by molar-refractivity contribution is 5.95. The number of nitrogens with zero attached hydrogens (tertiary/aromatic N) is 3. The van der Waals surface area contributed by atoms with Crippen molar-refractivity contribution in [2.24, 2.45) is 11.0 Å². The van der Waals surface area contributed by atoms with Gasteiger partial charge in [-0.25, -0.2) is 5.43 Å². The predicted octanol–water partition coefficient (Wildman–Crippen LogP) is 2.77. The molecule has 3 rings (SSSR count). The average Bonchev–Trinajstić information content (AvgIpc) is 2.83. The number of carbonyl (C=O) groups is 2. The molecule has 2 aromatic rings. The Balaban J connectivity index is 1.50. The van der Waals surface area contributed by atoms with Crippen LogP contribution >= 0.6 is 0 Å². The summed E-state index contributed by atoms with van der Waals surface area (Å²) in [5.41, 5.74) is 5.17. The van der Waals surface area contributed by atoms with E-state index in [-0.39, 0.29) is 17.7 Å². The van der Waals surface area contributed by atoms with E-state index in [1.807, 2.05) is 43.3 Å². The molecule has 0 aromatic heterocycles. The summed E-state index contributed by atoms with van der Waals surface area (Å²) in [4.78, 5) is 29.1. The first-order valence-corrected chi connectivity index (χ1v) is 10.5. The van der Waals surface area contributed by atoms with Gasteiger partial charge in [-0.15, -0.1) is 0 Å². The molecule has 170 valence electrons. The van der Waals surface area contributed by atoms with Crippen LogP contribution in [0.1, 0.15) is 28.8 Å². The van der Waals surface area contributed by atoms with Crippen molar-refractivity contribution in [2.45, 2.75) is 12.8 Å². The summed E-state index contributed by atoms with van der Waals surface area (Å²) in [7, 11) is 7.06. The molecule has 8 heteroatoms. The molecule has 0 aliphatic carbocycles. The number of piperidine rings is 1. The van der Waals surface area contributed by atoms with Crippen molar-refractivity contribution in [3.63, 3.8) is 0 Å². The molecule has 1 saturated heterocycles. The molecule has 32 heavy (non-hydrogen) atoms. The molecule has 1 fully saturated rings. The molecular formula is C24H30N4O4. The van der Waals surface area contributed by atoms with Gasteiger partial charge in [-0.2, -0.15) is 5.10 Å². The van der Waals surface area contributed by atoms with Crippen LogP contribution in [0.5, 0.6) is 11.5 Å². The van der Waals surface area contributed by atoms with E-state index in [1.165, 1.54) is 7.11 Å². The number of ether oxygens (including phenoxy) is 2. The number of nitrogens with one attached hydrogen (secondary N) is 1. The van der Waals surface area contributed by atoms with Crippen LogP contribution in [0.4, 0.5) is 5.69 Å². The average molecular weight is 439 g/mol. The highest BCUT2D eigenvalue weighted by Gasteiger charge is 2.28. The van der Waals surface area contributed by atoms with Gasteiger partial charge in [-0.3, -0.25) is 9.59 Å². The van der Waals surface area contributed by atoms with E-state index in [1.54, 1.807) is 36.4 Å². The van der Waals surface area contributed by atoms with E-state index >= 15 is 0 Å². The van der Waals surface area contributed by atoms with Crippen molar-refractivity contribution in [3.05, 3.63) is 53.6 Å². The molecule has 0 saturated carbocycles. The van der Waals surface area contributed by atoms with Crippen LogP contribution in [-0.2, 0) is 4.79 Å². The molecule has 0 unspecified atom stereocenters. The Hall–Kier alpha value is -3.55. The van der Waals surface area contributed by atoms with E-state index in [9.17, 15) is 9.59 Å². The van der Waals surface area contributed by atoms with Gasteiger partial charge in [0.1, 0.15) is 0 Å². The number of carbonyl (C=O) groups excluding carboxylic acids is 2. The van der Waals surface area contributed by atoms with Gasteiger partial charge < -0.3 is 19.3 Å². The van der Waals surface area contributed by atoms with Gasteiger partial charge in [0.2, 0.25) is 5.91 Å². The number of hydrogen-bond donors (Lipinski definition) is 1. The number of hydrazone groups is 1. The fourth-order valence-corrected chi connectivity index (χ4v) is 3.62. The fourth-order valence-electron chi connectivity index (χ4n) is 3.62. The zero-order valence-corrected chi connectivity index (χ0v) is 19.0. The number of rotatable bonds is 7. The zero-order chi connectivity index (χ0) is 23.1. The van der Waals surface area contributed by atoms with E-state index < -0.39 is 0 Å². The van der Waals surface area contributed by atoms with Gasteiger partial charge >= 0.3 is 0 Å². The lowest BCUT2D eigenvalue weighted by Gasteiger charge is -2.31. The minimum atomic E-state index is -0.169. The number of benzene rings is 2. The van der Waals surface area contributed by atoms with Crippen LogP contribution in [-0.4, -0.2) is 64.3 Å². The summed E-state index contributed by atoms with van der Waals surface area (Å²) in [6, 6.07) is 13.0. The maximum Gasteiger partial charge on any atom is 0.253 e. The Morgan fingerprint density at radius 3 is 2.28 bits per heavy atom. The molecule has 1 N–H and O–H groups in total. The van der Waals surface area contributed by atoms with E-state index in [2.05, 4.69) is 10.5 Å². The van der Waals surface area contributed by atoms with Crippen molar-refractivity contribution in [3.8, 4) is 11.5 Å². The lowest BCUT2D eigenvalue weighted by molar-refractivity contribution is -0.126. The summed E-state index contributed by atoms with van der Waals surface area (Å²) in [6.45, 7) is 1.03. The summed E-state index contributed by atoms with van der Waals surface area (Å²) in [5, 5.41) is 4.08. The lowest BCUT2D eigenvalue weighted by atomic mass is 9.95. The van der Waals surface area contributed by atoms with E-state index in [0.29, 0.717) is 43.0 Å². The molecule has 0 bridgehead atoms. The van der Waals surface area contributed by atoms with Crippen LogP contribution in [0.3, 0.4) is 0 Å². The van der Waals surface area contributed by atoms with Crippen LogP contribution in [0.15, 0.2) is 47.6 Å². The largest absolute Gasteiger partial charge is 0.493 e. The second kappa shape index (κ2) is 10.7. The molecule has 0 atom stereocenters. The first-order chi connectivity index (χ1) is 15.4. The van der Waals surface area contributed by atoms with Crippen molar-refractivity contribution < 1.29 is 19.1 Å². The maximum atomic E-state index is 12.8. The Labute approximate surface area is 188 Å². The van der Waals surface area contributed by atoms with Gasteiger partial charge in [0.15, 0.2) is 11.5 Å². The Kier molecular flexibility index (Phi) is 7.70. The third kappa shape index (κ3) is 5.57. The standard InChI is InChI=1S/C24H30N4O4/c1-27(2)20-8-5-17(6-9-20)16-25-26-23(29)18-11-13-28(14-12-18)24(30)19-7-10-21(31-3)22(15-19)32-4/h5-10,15-16,18H,11-14H2,1-4H3,(H,26,29)/b25-16-. The van der Waals surface area contributed by atoms with Crippen LogP contribution in [0.25, 0.3) is 0 Å². The monoisotopic (exact) mass is 438 g/mol. The lowest BCUT2D eigenvalue weighted by Crippen LogP contribution is -2.42. The second-order valence-corrected chi connectivity index (χ2v) is 7.86. The molecule has 1 heterocycles. The number of amides is 2. The van der Waals surface area contributed by atoms with Crippen molar-refractivity contribution >= 4 is 23.7 Å². The van der Waals surface area contributed by atoms with E-state index in [0.717, 1.165) is 11.3 Å². The highest BCUT2D eigenvalue weighted by atomic mass is 16.5. The van der Waals surface area contributed by atoms with Gasteiger partial charge in [0.05, 0.1) is 20.4 Å². The summed E-state index contributed by atoms with van der Waals surface area (Å²) in [5.74, 6) is 0.724. The summed E-state index contributed by atoms with van der Waals surface area (Å²) in [6.07, 6.45) is 2.82. The third-order valence-corrected chi connectivity index (χ3v) is 5.58. The van der Waals surface area contributed by atoms with Crippen molar-refractivity contribution in [1.29, 1.82) is 0 Å². The zero-order valence-electron chi connectivity index (χ0n) is 19.0. The molecular weight excluding hydrogens is 408 g/mol. The molecule has 1 aliphatic heterocycles. The normalized spacial score (nSPS) is 14.3. The van der Waals surface area contributed by atoms with Gasteiger partial charge in [-0.05, 0) is 48.7 Å². The number of methoxy groups -OCH3 is 2. The van der Waals surface area contributed by atoms with Crippen molar-refractivity contribution in [2.75, 3.05) is 46.3 Å². The van der Waals surface area contributed by atoms with Gasteiger partial charge in [0, 0.05) is 44.4 Å². The Bertz CT molecular complexity index is 964. The molecule has 0 radical (unpaired) electrons. The van der Waals surface area contributed by atoms with Gasteiger partial charge in [-0.1, -0.05) is 12.1 Å². The number of hydrogen-bond acceptors (Lipinski definition) is 6. The Morgan fingerprint density at radius 2 is 1.69 bits per heavy atom. The van der Waals surface area contributed by atoms with Crippen LogP contribution in [0.2, 0.25) is 0 Å². The first-order valence-electron chi connectivity index (χ1n) is 10.5. The second-order valence-electron chi connectivity index (χ2n) is 7.86. The molecule has 2 aromatic carbocycles. The van der Waals surface area contributed by atoms with E-state index in [4.69, 9.17) is 9.47 Å². The Morgan fingerprint density at radius 1 is 1.03 bits per heavy atom. The molecule has 8 nitrogen and oxygen atoms in total. The van der Waals surface area contributed by atoms with Crippen LogP contribution < -0.4 is 19.8 Å². The molecule has 1 aliphatic rings. The number of likely N-dealkylation sites (tertiary alicyclic amines) is 1.